The van der Waals surface area contributed by atoms with E-state index in [1.165, 1.54) is 5.39 Å². The molecule has 0 unspecified atom stereocenters. The van der Waals surface area contributed by atoms with Crippen LogP contribution in [0.3, 0.4) is 0 Å². The Morgan fingerprint density at radius 2 is 0.976 bits per heavy atom. The first-order valence-corrected chi connectivity index (χ1v) is 15.7. The van der Waals surface area contributed by atoms with E-state index in [1.54, 1.807) is 0 Å². The highest BCUT2D eigenvalue weighted by molar-refractivity contribution is 9.10. The summed E-state index contributed by atoms with van der Waals surface area (Å²) in [6.07, 6.45) is 0. The van der Waals surface area contributed by atoms with Gasteiger partial charge < -0.3 is 4.57 Å². The molecule has 0 saturated carbocycles. The standard InChI is InChI=1S/C23H17N2OP.C11H7BrN2/c26-27(20-10-3-1-4-11-20,21-12-5-2-6-13-21)23-17-19-16-15-18-9-7-8-14-22(18)25(19)24-23;12-11-7-9-6-5-8-3-1-2-4-10(8)14(9)13-11/h1-17H;1-7H. The molecule has 0 fully saturated rings. The van der Waals surface area contributed by atoms with Crippen LogP contribution in [0, 0.1) is 0 Å². The monoisotopic (exact) mass is 614 g/mol. The Morgan fingerprint density at radius 3 is 1.54 bits per heavy atom. The number of nitrogens with zero attached hydrogens (tertiary/aromatic N) is 4. The Morgan fingerprint density at radius 1 is 0.512 bits per heavy atom. The summed E-state index contributed by atoms with van der Waals surface area (Å²) in [6, 6.07) is 47.9. The van der Waals surface area contributed by atoms with Crippen molar-refractivity contribution in [2.24, 2.45) is 0 Å². The summed E-state index contributed by atoms with van der Waals surface area (Å²) >= 11 is 3.38. The van der Waals surface area contributed by atoms with E-state index in [1.807, 2.05) is 118 Å². The molecule has 0 aliphatic heterocycles. The zero-order chi connectivity index (χ0) is 27.8. The second kappa shape index (κ2) is 10.5. The first-order chi connectivity index (χ1) is 20.1. The van der Waals surface area contributed by atoms with Crippen LogP contribution in [0.15, 0.2) is 150 Å². The van der Waals surface area contributed by atoms with Crippen molar-refractivity contribution in [1.29, 1.82) is 0 Å². The molecule has 8 aromatic rings. The number of hydrogen-bond acceptors (Lipinski definition) is 3. The van der Waals surface area contributed by atoms with Gasteiger partial charge >= 0.3 is 0 Å². The van der Waals surface area contributed by atoms with E-state index in [2.05, 4.69) is 57.4 Å². The van der Waals surface area contributed by atoms with Crippen molar-refractivity contribution in [3.05, 3.63) is 150 Å². The molecule has 0 spiro atoms. The molecule has 7 heteroatoms. The van der Waals surface area contributed by atoms with Crippen LogP contribution in [0.1, 0.15) is 0 Å². The first kappa shape index (κ1) is 25.5. The maximum absolute atomic E-state index is 14.4. The molecule has 41 heavy (non-hydrogen) atoms. The summed E-state index contributed by atoms with van der Waals surface area (Å²) in [6.45, 7) is 0. The third kappa shape index (κ3) is 4.55. The Balaban J connectivity index is 0.000000165. The van der Waals surface area contributed by atoms with E-state index in [9.17, 15) is 4.57 Å². The van der Waals surface area contributed by atoms with Crippen molar-refractivity contribution >= 4 is 72.0 Å². The predicted octanol–water partition coefficient (Wildman–Crippen LogP) is 7.38. The molecule has 0 atom stereocenters. The molecule has 8 rings (SSSR count). The summed E-state index contributed by atoms with van der Waals surface area (Å²) < 4.78 is 19.2. The summed E-state index contributed by atoms with van der Waals surface area (Å²) in [5, 5.41) is 13.1. The van der Waals surface area contributed by atoms with Crippen LogP contribution >= 0.6 is 23.1 Å². The minimum atomic E-state index is -3.06. The summed E-state index contributed by atoms with van der Waals surface area (Å²) in [5.41, 5.74) is 4.80. The quantitative estimate of drug-likeness (QED) is 0.195. The largest absolute Gasteiger partial charge is 0.307 e. The van der Waals surface area contributed by atoms with Crippen LogP contribution < -0.4 is 16.0 Å². The molecule has 4 aromatic carbocycles. The summed E-state index contributed by atoms with van der Waals surface area (Å²) in [5.74, 6) is 0. The Kier molecular flexibility index (Phi) is 6.50. The third-order valence-electron chi connectivity index (χ3n) is 7.19. The Hall–Kier alpha value is -4.51. The maximum Gasteiger partial charge on any atom is 0.190 e. The fourth-order valence-electron chi connectivity index (χ4n) is 5.21. The molecule has 0 amide bonds. The first-order valence-electron chi connectivity index (χ1n) is 13.2. The molecule has 0 saturated heterocycles. The topological polar surface area (TPSA) is 51.7 Å². The number of halogens is 1. The van der Waals surface area contributed by atoms with Crippen LogP contribution in [0.25, 0.3) is 32.8 Å². The second-order valence-electron chi connectivity index (χ2n) is 9.71. The average molecular weight is 615 g/mol. The van der Waals surface area contributed by atoms with Gasteiger partial charge in [0.2, 0.25) is 0 Å². The van der Waals surface area contributed by atoms with Gasteiger partial charge in [-0.05, 0) is 52.3 Å². The van der Waals surface area contributed by atoms with Gasteiger partial charge in [0, 0.05) is 21.4 Å². The normalized spacial score (nSPS) is 11.6. The number of pyridine rings is 2. The lowest BCUT2D eigenvalue weighted by Crippen LogP contribution is -2.26. The molecule has 0 aliphatic carbocycles. The van der Waals surface area contributed by atoms with Gasteiger partial charge in [-0.1, -0.05) is 109 Å². The molecule has 0 radical (unpaired) electrons. The highest BCUT2D eigenvalue weighted by atomic mass is 79.9. The van der Waals surface area contributed by atoms with Crippen LogP contribution in [-0.4, -0.2) is 19.2 Å². The molecule has 4 aromatic heterocycles. The Labute approximate surface area is 245 Å². The molecular formula is C34H24BrN4OP. The van der Waals surface area contributed by atoms with Crippen LogP contribution in [-0.2, 0) is 4.57 Å². The molecule has 198 valence electrons. The van der Waals surface area contributed by atoms with E-state index >= 15 is 0 Å². The smallest absolute Gasteiger partial charge is 0.190 e. The van der Waals surface area contributed by atoms with Gasteiger partial charge in [0.05, 0.1) is 22.1 Å². The van der Waals surface area contributed by atoms with E-state index in [4.69, 9.17) is 5.10 Å². The van der Waals surface area contributed by atoms with Crippen molar-refractivity contribution in [2.75, 3.05) is 0 Å². The molecule has 5 nitrogen and oxygen atoms in total. The zero-order valence-corrected chi connectivity index (χ0v) is 24.4. The number of rotatable bonds is 3. The lowest BCUT2D eigenvalue weighted by molar-refractivity contribution is 0.592. The van der Waals surface area contributed by atoms with Crippen LogP contribution in [0.4, 0.5) is 0 Å². The average Bonchev–Trinajstić information content (AvgIpc) is 3.66. The molecule has 0 bridgehead atoms. The number of hydrogen-bond donors (Lipinski definition) is 0. The lowest BCUT2D eigenvalue weighted by atomic mass is 10.2. The van der Waals surface area contributed by atoms with Crippen molar-refractivity contribution in [1.82, 2.24) is 19.2 Å². The number of aromatic nitrogens is 4. The molecule has 0 aliphatic rings. The number of para-hydroxylation sites is 2. The molecule has 4 heterocycles. The van der Waals surface area contributed by atoms with E-state index < -0.39 is 7.14 Å². The lowest BCUT2D eigenvalue weighted by Gasteiger charge is -2.16. The molecule has 0 N–H and O–H groups in total. The van der Waals surface area contributed by atoms with Gasteiger partial charge in [-0.3, -0.25) is 0 Å². The minimum Gasteiger partial charge on any atom is -0.307 e. The van der Waals surface area contributed by atoms with Gasteiger partial charge in [-0.15, -0.1) is 0 Å². The van der Waals surface area contributed by atoms with E-state index in [-0.39, 0.29) is 0 Å². The highest BCUT2D eigenvalue weighted by Gasteiger charge is 2.32. The van der Waals surface area contributed by atoms with Crippen molar-refractivity contribution < 1.29 is 4.57 Å². The minimum absolute atomic E-state index is 0.608. The van der Waals surface area contributed by atoms with Crippen molar-refractivity contribution in [2.45, 2.75) is 0 Å². The predicted molar refractivity (Wildman–Crippen MR) is 172 cm³/mol. The summed E-state index contributed by atoms with van der Waals surface area (Å²) in [7, 11) is -3.06. The Bertz CT molecular complexity index is 2160. The van der Waals surface area contributed by atoms with Gasteiger partial charge in [0.25, 0.3) is 0 Å². The maximum atomic E-state index is 14.4. The highest BCUT2D eigenvalue weighted by Crippen LogP contribution is 2.42. The number of benzene rings is 4. The number of fused-ring (bicyclic) bond motifs is 6. The van der Waals surface area contributed by atoms with Crippen LogP contribution in [0.5, 0.6) is 0 Å². The van der Waals surface area contributed by atoms with Gasteiger partial charge in [0.1, 0.15) is 10.0 Å². The summed E-state index contributed by atoms with van der Waals surface area (Å²) in [4.78, 5) is 0. The van der Waals surface area contributed by atoms with E-state index in [0.29, 0.717) is 5.44 Å². The van der Waals surface area contributed by atoms with Gasteiger partial charge in [-0.2, -0.15) is 10.2 Å². The second-order valence-corrected chi connectivity index (χ2v) is 13.2. The zero-order valence-electron chi connectivity index (χ0n) is 21.9. The fraction of sp³-hybridized carbons (Fsp3) is 0. The van der Waals surface area contributed by atoms with Gasteiger partial charge in [-0.25, -0.2) is 9.03 Å². The van der Waals surface area contributed by atoms with Gasteiger partial charge in [0.15, 0.2) is 7.14 Å². The SMILES string of the molecule is Brc1cc2ccc3ccccc3n2n1.O=P(c1ccccc1)(c1ccccc1)c1cc2ccc3ccccc3n2n1. The fourth-order valence-corrected chi connectivity index (χ4v) is 8.14. The van der Waals surface area contributed by atoms with Crippen molar-refractivity contribution in [3.8, 4) is 0 Å². The molecular weight excluding hydrogens is 591 g/mol. The third-order valence-corrected chi connectivity index (χ3v) is 10.5. The van der Waals surface area contributed by atoms with Crippen LogP contribution in [0.2, 0.25) is 0 Å². The van der Waals surface area contributed by atoms with E-state index in [0.717, 1.165) is 42.7 Å². The van der Waals surface area contributed by atoms with Crippen molar-refractivity contribution in [3.63, 3.8) is 0 Å².